The average molecular weight is 375 g/mol. The number of hydrogen-bond donors (Lipinski definition) is 3. The van der Waals surface area contributed by atoms with Gasteiger partial charge in [0.2, 0.25) is 0 Å². The van der Waals surface area contributed by atoms with Crippen LogP contribution >= 0.6 is 11.6 Å². The number of nitrogens with two attached hydrogens (primary N) is 2. The third-order valence-electron chi connectivity index (χ3n) is 4.98. The molecule has 0 aliphatic heterocycles. The molecule has 1 aromatic carbocycles. The fraction of sp³-hybridized carbons (Fsp3) is 0.333. The van der Waals surface area contributed by atoms with E-state index in [1.54, 1.807) is 29.0 Å². The Morgan fingerprint density at radius 3 is 2.73 bits per heavy atom. The Morgan fingerprint density at radius 1 is 1.23 bits per heavy atom. The van der Waals surface area contributed by atoms with Gasteiger partial charge >= 0.3 is 0 Å². The Kier molecular flexibility index (Phi) is 4.42. The van der Waals surface area contributed by atoms with Crippen molar-refractivity contribution >= 4 is 34.4 Å². The largest absolute Gasteiger partial charge is 0.382 e. The lowest BCUT2D eigenvalue weighted by atomic mass is 9.81. The van der Waals surface area contributed by atoms with E-state index in [-0.39, 0.29) is 12.0 Å². The summed E-state index contributed by atoms with van der Waals surface area (Å²) in [6.07, 6.45) is 7.06. The van der Waals surface area contributed by atoms with Gasteiger partial charge in [0.1, 0.15) is 11.6 Å². The number of imidazole rings is 1. The molecule has 4 rings (SSSR count). The van der Waals surface area contributed by atoms with Gasteiger partial charge in [-0.3, -0.25) is 0 Å². The smallest absolute Gasteiger partial charge is 0.177 e. The van der Waals surface area contributed by atoms with Crippen molar-refractivity contribution in [3.8, 4) is 0 Å². The lowest BCUT2D eigenvalue weighted by Crippen LogP contribution is -2.26. The first-order valence-electron chi connectivity index (χ1n) is 8.63. The normalized spacial score (nSPS) is 20.4. The Hall–Kier alpha value is -2.38. The predicted octanol–water partition coefficient (Wildman–Crippen LogP) is 3.83. The van der Waals surface area contributed by atoms with Gasteiger partial charge in [-0.05, 0) is 49.8 Å². The molecular weight excluding hydrogens is 355 g/mol. The summed E-state index contributed by atoms with van der Waals surface area (Å²) in [4.78, 5) is 4.38. The van der Waals surface area contributed by atoms with Crippen LogP contribution in [0.4, 0.5) is 21.6 Å². The number of nitrogens with zero attached hydrogens (tertiary/aromatic N) is 3. The minimum Gasteiger partial charge on any atom is -0.382 e. The van der Waals surface area contributed by atoms with Crippen molar-refractivity contribution in [1.82, 2.24) is 14.6 Å². The third-order valence-corrected chi connectivity index (χ3v) is 5.21. The number of rotatable bonds is 3. The van der Waals surface area contributed by atoms with Gasteiger partial charge in [-0.2, -0.15) is 0 Å². The number of nitrogen functional groups attached to an aromatic ring is 1. The fourth-order valence-electron chi connectivity index (χ4n) is 3.64. The molecule has 0 spiro atoms. The number of benzene rings is 1. The van der Waals surface area contributed by atoms with Crippen LogP contribution in [0.15, 0.2) is 30.6 Å². The molecule has 8 heteroatoms. The number of halogens is 2. The zero-order chi connectivity index (χ0) is 18.3. The molecule has 0 atom stereocenters. The second-order valence-electron chi connectivity index (χ2n) is 6.73. The number of fused-ring (bicyclic) bond motifs is 1. The van der Waals surface area contributed by atoms with E-state index in [4.69, 9.17) is 23.1 Å². The first kappa shape index (κ1) is 17.1. The number of nitrogens with one attached hydrogen (secondary N) is 1. The van der Waals surface area contributed by atoms with E-state index in [1.807, 2.05) is 0 Å². The van der Waals surface area contributed by atoms with Crippen LogP contribution in [0.25, 0.3) is 5.65 Å². The highest BCUT2D eigenvalue weighted by Crippen LogP contribution is 2.41. The summed E-state index contributed by atoms with van der Waals surface area (Å²) in [5.74, 6) is 0.198. The minimum absolute atomic E-state index is 0.210. The highest BCUT2D eigenvalue weighted by atomic mass is 35.5. The zero-order valence-electron chi connectivity index (χ0n) is 14.1. The van der Waals surface area contributed by atoms with Crippen molar-refractivity contribution in [3.05, 3.63) is 47.0 Å². The minimum atomic E-state index is -0.436. The molecule has 3 aromatic rings. The van der Waals surface area contributed by atoms with Crippen LogP contribution in [0.3, 0.4) is 0 Å². The summed E-state index contributed by atoms with van der Waals surface area (Å²) in [6, 6.07) is 4.74. The highest BCUT2D eigenvalue weighted by Gasteiger charge is 2.27. The summed E-state index contributed by atoms with van der Waals surface area (Å²) in [5.41, 5.74) is 14.8. The molecule has 0 radical (unpaired) electrons. The van der Waals surface area contributed by atoms with Crippen LogP contribution in [-0.2, 0) is 0 Å². The van der Waals surface area contributed by atoms with Gasteiger partial charge in [0.15, 0.2) is 5.65 Å². The summed E-state index contributed by atoms with van der Waals surface area (Å²) in [6.45, 7) is 0. The van der Waals surface area contributed by atoms with Crippen molar-refractivity contribution in [2.45, 2.75) is 37.6 Å². The Balaban J connectivity index is 1.82. The first-order valence-corrected chi connectivity index (χ1v) is 9.01. The number of aromatic nitrogens is 3. The molecule has 0 amide bonds. The molecule has 2 heterocycles. The molecule has 2 aromatic heterocycles. The Bertz CT molecular complexity index is 948. The third kappa shape index (κ3) is 3.08. The van der Waals surface area contributed by atoms with Crippen molar-refractivity contribution in [2.75, 3.05) is 11.1 Å². The molecule has 26 heavy (non-hydrogen) atoms. The Labute approximate surface area is 155 Å². The lowest BCUT2D eigenvalue weighted by Gasteiger charge is -2.28. The molecule has 6 nitrogen and oxygen atoms in total. The van der Waals surface area contributed by atoms with Crippen LogP contribution in [0, 0.1) is 5.82 Å². The van der Waals surface area contributed by atoms with E-state index < -0.39 is 5.82 Å². The maximum atomic E-state index is 14.4. The second kappa shape index (κ2) is 6.74. The molecule has 0 unspecified atom stereocenters. The van der Waals surface area contributed by atoms with E-state index in [2.05, 4.69) is 15.4 Å². The lowest BCUT2D eigenvalue weighted by molar-refractivity contribution is 0.396. The monoisotopic (exact) mass is 374 g/mol. The quantitative estimate of drug-likeness (QED) is 0.647. The van der Waals surface area contributed by atoms with Gasteiger partial charge in [0.05, 0.1) is 11.4 Å². The van der Waals surface area contributed by atoms with Gasteiger partial charge < -0.3 is 16.8 Å². The summed E-state index contributed by atoms with van der Waals surface area (Å²) >= 11 is 5.86. The standard InChI is InChI=1S/C18H20ClFN6/c19-11-3-6-14(13(20)9-11)24-16-15(10-1-4-12(21)5-2-10)17(22)25-26-8-7-23-18(16)26/h3,6-10,12,24H,1-2,4-5,21H2,(H2,22,25)/t10-,12-. The van der Waals surface area contributed by atoms with Crippen LogP contribution in [0.2, 0.25) is 5.02 Å². The number of anilines is 3. The zero-order valence-corrected chi connectivity index (χ0v) is 14.9. The van der Waals surface area contributed by atoms with Crippen LogP contribution in [0.5, 0.6) is 0 Å². The molecule has 1 aliphatic carbocycles. The van der Waals surface area contributed by atoms with Gasteiger partial charge in [-0.25, -0.2) is 13.9 Å². The summed E-state index contributed by atoms with van der Waals surface area (Å²) < 4.78 is 16.0. The highest BCUT2D eigenvalue weighted by molar-refractivity contribution is 6.30. The summed E-state index contributed by atoms with van der Waals surface area (Å²) in [7, 11) is 0. The van der Waals surface area contributed by atoms with Crippen LogP contribution < -0.4 is 16.8 Å². The molecule has 1 fully saturated rings. The molecule has 0 saturated heterocycles. The Morgan fingerprint density at radius 2 is 2.00 bits per heavy atom. The van der Waals surface area contributed by atoms with Crippen molar-refractivity contribution in [2.24, 2.45) is 5.73 Å². The molecule has 0 bridgehead atoms. The predicted molar refractivity (Wildman–Crippen MR) is 101 cm³/mol. The van der Waals surface area contributed by atoms with E-state index in [0.29, 0.717) is 27.9 Å². The van der Waals surface area contributed by atoms with E-state index in [9.17, 15) is 4.39 Å². The summed E-state index contributed by atoms with van der Waals surface area (Å²) in [5, 5.41) is 7.94. The van der Waals surface area contributed by atoms with Gasteiger partial charge in [-0.1, -0.05) is 11.6 Å². The second-order valence-corrected chi connectivity index (χ2v) is 7.17. The fourth-order valence-corrected chi connectivity index (χ4v) is 3.80. The maximum Gasteiger partial charge on any atom is 0.177 e. The molecule has 1 aliphatic rings. The molecule has 1 saturated carbocycles. The van der Waals surface area contributed by atoms with Gasteiger partial charge in [0, 0.05) is 29.0 Å². The molecule has 136 valence electrons. The first-order chi connectivity index (χ1) is 12.5. The van der Waals surface area contributed by atoms with E-state index in [1.165, 1.54) is 6.07 Å². The maximum absolute atomic E-state index is 14.4. The van der Waals surface area contributed by atoms with Gasteiger partial charge in [-0.15, -0.1) is 5.10 Å². The van der Waals surface area contributed by atoms with Crippen LogP contribution in [0.1, 0.15) is 37.2 Å². The van der Waals surface area contributed by atoms with Crippen molar-refractivity contribution in [3.63, 3.8) is 0 Å². The van der Waals surface area contributed by atoms with E-state index >= 15 is 0 Å². The SMILES string of the molecule is Nc1nn2ccnc2c(Nc2ccc(Cl)cc2F)c1[C@H]1CC[C@H](N)CC1. The van der Waals surface area contributed by atoms with Crippen LogP contribution in [-0.4, -0.2) is 20.6 Å². The topological polar surface area (TPSA) is 94.3 Å². The van der Waals surface area contributed by atoms with Crippen molar-refractivity contribution < 1.29 is 4.39 Å². The average Bonchev–Trinajstić information content (AvgIpc) is 3.06. The number of hydrogen-bond acceptors (Lipinski definition) is 5. The van der Waals surface area contributed by atoms with Gasteiger partial charge in [0.25, 0.3) is 0 Å². The molecule has 5 N–H and O–H groups in total. The molecular formula is C18H20ClFN6. The van der Waals surface area contributed by atoms with Crippen molar-refractivity contribution in [1.29, 1.82) is 0 Å². The van der Waals surface area contributed by atoms with E-state index in [0.717, 1.165) is 31.2 Å².